The van der Waals surface area contributed by atoms with Gasteiger partial charge in [0, 0.05) is 15.6 Å². The molecular formula is C18H13ClFNO3S. The van der Waals surface area contributed by atoms with Gasteiger partial charge in [-0.1, -0.05) is 48.0 Å². The van der Waals surface area contributed by atoms with Gasteiger partial charge in [-0.05, 0) is 12.1 Å². The molecule has 128 valence electrons. The largest absolute Gasteiger partial charge is 0.459 e. The summed E-state index contributed by atoms with van der Waals surface area (Å²) in [7, 11) is 0. The van der Waals surface area contributed by atoms with Crippen molar-refractivity contribution in [2.45, 2.75) is 6.61 Å². The molecule has 1 amide bonds. The summed E-state index contributed by atoms with van der Waals surface area (Å²) in [5.41, 5.74) is 0.273. The molecule has 1 N–H and O–H groups in total. The Bertz CT molecular complexity index is 941. The van der Waals surface area contributed by atoms with Crippen molar-refractivity contribution >= 4 is 44.9 Å². The zero-order valence-electron chi connectivity index (χ0n) is 12.9. The predicted molar refractivity (Wildman–Crippen MR) is 95.4 cm³/mol. The van der Waals surface area contributed by atoms with Gasteiger partial charge in [0.25, 0.3) is 5.91 Å². The average Bonchev–Trinajstić information content (AvgIpc) is 2.96. The van der Waals surface area contributed by atoms with Crippen LogP contribution in [0.4, 0.5) is 4.39 Å². The molecule has 1 heterocycles. The highest BCUT2D eigenvalue weighted by Gasteiger charge is 2.17. The van der Waals surface area contributed by atoms with Crippen molar-refractivity contribution in [3.8, 4) is 0 Å². The first-order valence-corrected chi connectivity index (χ1v) is 8.60. The molecule has 3 rings (SSSR count). The highest BCUT2D eigenvalue weighted by molar-refractivity contribution is 7.21. The molecule has 0 unspecified atom stereocenters. The summed E-state index contributed by atoms with van der Waals surface area (Å²) in [6.45, 7) is -0.511. The van der Waals surface area contributed by atoms with E-state index in [0.717, 1.165) is 10.1 Å². The molecule has 0 aliphatic carbocycles. The Hall–Kier alpha value is -2.44. The number of carbonyl (C=O) groups is 2. The molecule has 0 saturated carbocycles. The molecule has 0 radical (unpaired) electrons. The summed E-state index contributed by atoms with van der Waals surface area (Å²) in [6.07, 6.45) is 0. The number of carbonyl (C=O) groups excluding carboxylic acids is 2. The standard InChI is InChI=1S/C18H13ClFNO3S/c19-16-12-6-2-4-8-14(12)25-17(16)18(23)21-9-15(22)24-10-11-5-1-3-7-13(11)20/h1-8H,9-10H2,(H,21,23). The fraction of sp³-hybridized carbons (Fsp3) is 0.111. The highest BCUT2D eigenvalue weighted by atomic mass is 35.5. The number of halogens is 2. The Labute approximate surface area is 152 Å². The van der Waals surface area contributed by atoms with Crippen molar-refractivity contribution < 1.29 is 18.7 Å². The van der Waals surface area contributed by atoms with E-state index < -0.39 is 17.7 Å². The zero-order valence-corrected chi connectivity index (χ0v) is 14.5. The van der Waals surface area contributed by atoms with Crippen LogP contribution in [0.1, 0.15) is 15.2 Å². The molecule has 0 bridgehead atoms. The van der Waals surface area contributed by atoms with Gasteiger partial charge in [-0.25, -0.2) is 4.39 Å². The monoisotopic (exact) mass is 377 g/mol. The third-order valence-electron chi connectivity index (χ3n) is 3.48. The normalized spacial score (nSPS) is 10.6. The van der Waals surface area contributed by atoms with Crippen molar-refractivity contribution in [3.63, 3.8) is 0 Å². The number of fused-ring (bicyclic) bond motifs is 1. The van der Waals surface area contributed by atoms with Gasteiger partial charge < -0.3 is 10.1 Å². The Kier molecular flexibility index (Phi) is 5.31. The number of hydrogen-bond donors (Lipinski definition) is 1. The number of esters is 1. The molecule has 0 fully saturated rings. The quantitative estimate of drug-likeness (QED) is 0.679. The third-order valence-corrected chi connectivity index (χ3v) is 5.16. The predicted octanol–water partition coefficient (Wildman–Crippen LogP) is 4.17. The molecule has 0 atom stereocenters. The Morgan fingerprint density at radius 3 is 2.60 bits per heavy atom. The van der Waals surface area contributed by atoms with Gasteiger partial charge in [0.15, 0.2) is 0 Å². The van der Waals surface area contributed by atoms with Crippen LogP contribution in [-0.2, 0) is 16.1 Å². The minimum atomic E-state index is -0.658. The van der Waals surface area contributed by atoms with E-state index in [9.17, 15) is 14.0 Å². The van der Waals surface area contributed by atoms with Gasteiger partial charge in [-0.2, -0.15) is 0 Å². The van der Waals surface area contributed by atoms with Crippen LogP contribution in [0.2, 0.25) is 5.02 Å². The van der Waals surface area contributed by atoms with E-state index in [1.165, 1.54) is 23.5 Å². The van der Waals surface area contributed by atoms with E-state index >= 15 is 0 Å². The molecular weight excluding hydrogens is 365 g/mol. The lowest BCUT2D eigenvalue weighted by Crippen LogP contribution is -2.30. The second-order valence-corrected chi connectivity index (χ2v) is 6.61. The minimum Gasteiger partial charge on any atom is -0.459 e. The first-order chi connectivity index (χ1) is 12.1. The Morgan fingerprint density at radius 2 is 1.84 bits per heavy atom. The van der Waals surface area contributed by atoms with E-state index in [1.54, 1.807) is 12.1 Å². The second kappa shape index (κ2) is 7.63. The summed E-state index contributed by atoms with van der Waals surface area (Å²) >= 11 is 7.47. The summed E-state index contributed by atoms with van der Waals surface area (Å²) in [5.74, 6) is -1.56. The van der Waals surface area contributed by atoms with Crippen molar-refractivity contribution in [1.29, 1.82) is 0 Å². The van der Waals surface area contributed by atoms with Crippen LogP contribution in [0.15, 0.2) is 48.5 Å². The number of rotatable bonds is 5. The Balaban J connectivity index is 1.57. The maximum Gasteiger partial charge on any atom is 0.325 e. The number of ether oxygens (including phenoxy) is 1. The van der Waals surface area contributed by atoms with Gasteiger partial charge >= 0.3 is 5.97 Å². The molecule has 0 saturated heterocycles. The maximum absolute atomic E-state index is 13.4. The molecule has 0 aliphatic rings. The van der Waals surface area contributed by atoms with Crippen LogP contribution < -0.4 is 5.32 Å². The number of thiophene rings is 1. The molecule has 3 aromatic rings. The fourth-order valence-corrected chi connectivity index (χ4v) is 3.65. The highest BCUT2D eigenvalue weighted by Crippen LogP contribution is 2.34. The molecule has 1 aromatic heterocycles. The van der Waals surface area contributed by atoms with Crippen molar-refractivity contribution in [3.05, 3.63) is 69.8 Å². The van der Waals surface area contributed by atoms with Gasteiger partial charge in [0.05, 0.1) is 5.02 Å². The number of benzene rings is 2. The van der Waals surface area contributed by atoms with Crippen LogP contribution >= 0.6 is 22.9 Å². The molecule has 0 spiro atoms. The zero-order chi connectivity index (χ0) is 17.8. The lowest BCUT2D eigenvalue weighted by molar-refractivity contribution is -0.143. The van der Waals surface area contributed by atoms with Crippen LogP contribution in [0.5, 0.6) is 0 Å². The first-order valence-electron chi connectivity index (χ1n) is 7.40. The molecule has 4 nitrogen and oxygen atoms in total. The van der Waals surface area contributed by atoms with Gasteiger partial charge in [0.1, 0.15) is 23.8 Å². The number of amides is 1. The smallest absolute Gasteiger partial charge is 0.325 e. The van der Waals surface area contributed by atoms with Gasteiger partial charge in [-0.3, -0.25) is 9.59 Å². The lowest BCUT2D eigenvalue weighted by atomic mass is 10.2. The fourth-order valence-electron chi connectivity index (χ4n) is 2.22. The van der Waals surface area contributed by atoms with Crippen molar-refractivity contribution in [2.24, 2.45) is 0 Å². The van der Waals surface area contributed by atoms with Crippen LogP contribution in [0.25, 0.3) is 10.1 Å². The summed E-state index contributed by atoms with van der Waals surface area (Å²) in [4.78, 5) is 24.3. The average molecular weight is 378 g/mol. The van der Waals surface area contributed by atoms with E-state index in [1.807, 2.05) is 24.3 Å². The van der Waals surface area contributed by atoms with E-state index in [2.05, 4.69) is 5.32 Å². The third kappa shape index (κ3) is 3.97. The minimum absolute atomic E-state index is 0.189. The van der Waals surface area contributed by atoms with Gasteiger partial charge in [-0.15, -0.1) is 11.3 Å². The second-order valence-electron chi connectivity index (χ2n) is 5.18. The van der Waals surface area contributed by atoms with Crippen molar-refractivity contribution in [2.75, 3.05) is 6.54 Å². The van der Waals surface area contributed by atoms with Crippen LogP contribution in [0, 0.1) is 5.82 Å². The van der Waals surface area contributed by atoms with Gasteiger partial charge in [0.2, 0.25) is 0 Å². The van der Waals surface area contributed by atoms with E-state index in [-0.39, 0.29) is 18.7 Å². The first kappa shape index (κ1) is 17.4. The van der Waals surface area contributed by atoms with E-state index in [4.69, 9.17) is 16.3 Å². The lowest BCUT2D eigenvalue weighted by Gasteiger charge is -2.07. The number of nitrogens with one attached hydrogen (secondary N) is 1. The van der Waals surface area contributed by atoms with Crippen LogP contribution in [-0.4, -0.2) is 18.4 Å². The summed E-state index contributed by atoms with van der Waals surface area (Å²) in [6, 6.07) is 13.4. The molecule has 25 heavy (non-hydrogen) atoms. The number of hydrogen-bond acceptors (Lipinski definition) is 4. The maximum atomic E-state index is 13.4. The SMILES string of the molecule is O=C(CNC(=O)c1sc2ccccc2c1Cl)OCc1ccccc1F. The van der Waals surface area contributed by atoms with Crippen LogP contribution in [0.3, 0.4) is 0 Å². The topological polar surface area (TPSA) is 55.4 Å². The Morgan fingerprint density at radius 1 is 1.12 bits per heavy atom. The molecule has 2 aromatic carbocycles. The summed E-state index contributed by atoms with van der Waals surface area (Å²) < 4.78 is 19.3. The summed E-state index contributed by atoms with van der Waals surface area (Å²) in [5, 5.41) is 3.62. The molecule has 0 aliphatic heterocycles. The van der Waals surface area contributed by atoms with Crippen molar-refractivity contribution in [1.82, 2.24) is 5.32 Å². The van der Waals surface area contributed by atoms with E-state index in [0.29, 0.717) is 9.90 Å². The molecule has 7 heteroatoms.